The lowest BCUT2D eigenvalue weighted by Crippen LogP contribution is -2.16. The number of aromatic nitrogens is 1. The molecule has 0 bridgehead atoms. The molecule has 2 rings (SSSR count). The molecule has 0 saturated heterocycles. The molecule has 0 aliphatic heterocycles. The molecule has 10 heteroatoms. The number of nitrogens with zero attached hydrogens (tertiary/aromatic N) is 2. The van der Waals surface area contributed by atoms with Gasteiger partial charge in [0.25, 0.3) is 5.88 Å². The van der Waals surface area contributed by atoms with E-state index in [1.165, 1.54) is 12.1 Å². The number of hydrogen-bond acceptors (Lipinski definition) is 9. The molecule has 0 spiro atoms. The highest BCUT2D eigenvalue weighted by Crippen LogP contribution is 2.28. The number of nitrogens with one attached hydrogen (secondary N) is 1. The first-order valence-electron chi connectivity index (χ1n) is 8.37. The highest BCUT2D eigenvalue weighted by Gasteiger charge is 2.19. The SMILES string of the molecule is CCOC(=O)COc1nc(NCc2ccc(OC)cc2OC)ccc1[N+](=O)[O-]. The molecule has 0 aliphatic carbocycles. The summed E-state index contributed by atoms with van der Waals surface area (Å²) in [7, 11) is 3.11. The van der Waals surface area contributed by atoms with Crippen LogP contribution in [-0.2, 0) is 16.1 Å². The number of nitro groups is 1. The van der Waals surface area contributed by atoms with Crippen molar-refractivity contribution in [1.29, 1.82) is 0 Å². The lowest BCUT2D eigenvalue weighted by atomic mass is 10.2. The fraction of sp³-hybridized carbons (Fsp3) is 0.333. The molecule has 0 saturated carbocycles. The third kappa shape index (κ3) is 5.47. The Balaban J connectivity index is 2.14. The Morgan fingerprint density at radius 1 is 1.21 bits per heavy atom. The zero-order chi connectivity index (χ0) is 20.5. The van der Waals surface area contributed by atoms with Gasteiger partial charge in [0.2, 0.25) is 0 Å². The third-order valence-electron chi connectivity index (χ3n) is 3.62. The predicted molar refractivity (Wildman–Crippen MR) is 99.9 cm³/mol. The number of benzene rings is 1. The number of anilines is 1. The molecule has 150 valence electrons. The van der Waals surface area contributed by atoms with Crippen LogP contribution in [0.1, 0.15) is 12.5 Å². The van der Waals surface area contributed by atoms with Crippen LogP contribution < -0.4 is 19.5 Å². The molecule has 0 aliphatic rings. The van der Waals surface area contributed by atoms with Crippen molar-refractivity contribution in [3.8, 4) is 17.4 Å². The van der Waals surface area contributed by atoms with Crippen LogP contribution in [0.15, 0.2) is 30.3 Å². The van der Waals surface area contributed by atoms with Gasteiger partial charge in [-0.2, -0.15) is 4.98 Å². The molecule has 1 aromatic heterocycles. The van der Waals surface area contributed by atoms with Gasteiger partial charge in [0.15, 0.2) is 6.61 Å². The molecule has 0 radical (unpaired) electrons. The van der Waals surface area contributed by atoms with Crippen molar-refractivity contribution >= 4 is 17.5 Å². The molecule has 0 atom stereocenters. The zero-order valence-electron chi connectivity index (χ0n) is 15.8. The second kappa shape index (κ2) is 9.95. The maximum absolute atomic E-state index is 11.4. The molecular formula is C18H21N3O7. The molecule has 1 aromatic carbocycles. The molecule has 0 unspecified atom stereocenters. The summed E-state index contributed by atoms with van der Waals surface area (Å²) < 4.78 is 20.4. The van der Waals surface area contributed by atoms with Gasteiger partial charge in [-0.05, 0) is 25.1 Å². The van der Waals surface area contributed by atoms with E-state index in [-0.39, 0.29) is 18.2 Å². The van der Waals surface area contributed by atoms with Gasteiger partial charge in [-0.1, -0.05) is 0 Å². The summed E-state index contributed by atoms with van der Waals surface area (Å²) in [5.74, 6) is 0.697. The fourth-order valence-corrected chi connectivity index (χ4v) is 2.29. The number of rotatable bonds is 10. The minimum atomic E-state index is -0.639. The van der Waals surface area contributed by atoms with E-state index in [2.05, 4.69) is 10.3 Å². The summed E-state index contributed by atoms with van der Waals surface area (Å²) in [5, 5.41) is 14.2. The van der Waals surface area contributed by atoms with Crippen LogP contribution >= 0.6 is 0 Å². The van der Waals surface area contributed by atoms with Crippen molar-refractivity contribution < 1.29 is 28.7 Å². The Morgan fingerprint density at radius 2 is 2.00 bits per heavy atom. The minimum absolute atomic E-state index is 0.184. The molecule has 28 heavy (non-hydrogen) atoms. The summed E-state index contributed by atoms with van der Waals surface area (Å²) in [6, 6.07) is 8.06. The third-order valence-corrected chi connectivity index (χ3v) is 3.62. The van der Waals surface area contributed by atoms with Crippen molar-refractivity contribution in [1.82, 2.24) is 4.98 Å². The van der Waals surface area contributed by atoms with Crippen molar-refractivity contribution in [3.05, 3.63) is 46.0 Å². The van der Waals surface area contributed by atoms with Gasteiger partial charge in [-0.15, -0.1) is 0 Å². The lowest BCUT2D eigenvalue weighted by Gasteiger charge is -2.12. The Labute approximate surface area is 161 Å². The topological polar surface area (TPSA) is 122 Å². The lowest BCUT2D eigenvalue weighted by molar-refractivity contribution is -0.386. The monoisotopic (exact) mass is 391 g/mol. The maximum Gasteiger partial charge on any atom is 0.344 e. The van der Waals surface area contributed by atoms with E-state index in [9.17, 15) is 14.9 Å². The van der Waals surface area contributed by atoms with Crippen molar-refractivity contribution in [2.45, 2.75) is 13.5 Å². The Bertz CT molecular complexity index is 842. The van der Waals surface area contributed by atoms with E-state index in [1.807, 2.05) is 6.07 Å². The largest absolute Gasteiger partial charge is 0.497 e. The molecule has 2 aromatic rings. The number of hydrogen-bond donors (Lipinski definition) is 1. The zero-order valence-corrected chi connectivity index (χ0v) is 15.8. The van der Waals surface area contributed by atoms with E-state index in [0.717, 1.165) is 5.56 Å². The predicted octanol–water partition coefficient (Wildman–Crippen LogP) is 2.56. The summed E-state index contributed by atoms with van der Waals surface area (Å²) in [5.41, 5.74) is 0.481. The number of methoxy groups -OCH3 is 2. The summed E-state index contributed by atoms with van der Waals surface area (Å²) in [4.78, 5) is 26.0. The second-order valence-electron chi connectivity index (χ2n) is 5.40. The van der Waals surface area contributed by atoms with Crippen molar-refractivity contribution in [2.24, 2.45) is 0 Å². The quantitative estimate of drug-likeness (QED) is 0.370. The first kappa shape index (κ1) is 20.7. The smallest absolute Gasteiger partial charge is 0.344 e. The van der Waals surface area contributed by atoms with Crippen LogP contribution in [0.25, 0.3) is 0 Å². The van der Waals surface area contributed by atoms with Gasteiger partial charge >= 0.3 is 11.7 Å². The number of esters is 1. The van der Waals surface area contributed by atoms with Crippen LogP contribution in [0.3, 0.4) is 0 Å². The first-order chi connectivity index (χ1) is 13.5. The summed E-state index contributed by atoms with van der Waals surface area (Å²) in [6.07, 6.45) is 0. The Morgan fingerprint density at radius 3 is 2.64 bits per heavy atom. The normalized spacial score (nSPS) is 10.1. The Kier molecular flexibility index (Phi) is 7.37. The second-order valence-corrected chi connectivity index (χ2v) is 5.40. The van der Waals surface area contributed by atoms with Crippen LogP contribution in [0, 0.1) is 10.1 Å². The van der Waals surface area contributed by atoms with E-state index in [1.54, 1.807) is 33.3 Å². The minimum Gasteiger partial charge on any atom is -0.497 e. The van der Waals surface area contributed by atoms with Crippen molar-refractivity contribution in [2.75, 3.05) is 32.8 Å². The standard InChI is InChI=1S/C18H21N3O7/c1-4-27-17(22)11-28-18-14(21(23)24)7-8-16(20-18)19-10-12-5-6-13(25-2)9-15(12)26-3/h5-9H,4,10-11H2,1-3H3,(H,19,20). The first-order valence-corrected chi connectivity index (χ1v) is 8.37. The van der Waals surface area contributed by atoms with Crippen molar-refractivity contribution in [3.63, 3.8) is 0 Å². The van der Waals surface area contributed by atoms with Gasteiger partial charge in [-0.3, -0.25) is 10.1 Å². The van der Waals surface area contributed by atoms with Gasteiger partial charge in [-0.25, -0.2) is 4.79 Å². The van der Waals surface area contributed by atoms with Gasteiger partial charge in [0.05, 0.1) is 25.7 Å². The van der Waals surface area contributed by atoms with E-state index in [4.69, 9.17) is 18.9 Å². The van der Waals surface area contributed by atoms with Gasteiger partial charge < -0.3 is 24.3 Å². The molecule has 10 nitrogen and oxygen atoms in total. The molecule has 1 N–H and O–H groups in total. The van der Waals surface area contributed by atoms with Crippen LogP contribution in [0.5, 0.6) is 17.4 Å². The van der Waals surface area contributed by atoms with Gasteiger partial charge in [0.1, 0.15) is 17.3 Å². The average molecular weight is 391 g/mol. The van der Waals surface area contributed by atoms with E-state index in [0.29, 0.717) is 23.9 Å². The average Bonchev–Trinajstić information content (AvgIpc) is 2.70. The maximum atomic E-state index is 11.4. The number of ether oxygens (including phenoxy) is 4. The van der Waals surface area contributed by atoms with E-state index >= 15 is 0 Å². The number of pyridine rings is 1. The molecule has 0 amide bonds. The number of carbonyl (C=O) groups excluding carboxylic acids is 1. The molecule has 0 fully saturated rings. The van der Waals surface area contributed by atoms with Crippen LogP contribution in [-0.4, -0.2) is 43.3 Å². The van der Waals surface area contributed by atoms with E-state index < -0.39 is 17.5 Å². The Hall–Kier alpha value is -3.56. The van der Waals surface area contributed by atoms with Crippen LogP contribution in [0.4, 0.5) is 11.5 Å². The molecule has 1 heterocycles. The van der Waals surface area contributed by atoms with Crippen LogP contribution in [0.2, 0.25) is 0 Å². The fourth-order valence-electron chi connectivity index (χ4n) is 2.29. The molecular weight excluding hydrogens is 370 g/mol. The number of carbonyl (C=O) groups is 1. The van der Waals surface area contributed by atoms with Gasteiger partial charge in [0, 0.05) is 24.2 Å². The summed E-state index contributed by atoms with van der Waals surface area (Å²) in [6.45, 7) is 1.70. The highest BCUT2D eigenvalue weighted by atomic mass is 16.6. The highest BCUT2D eigenvalue weighted by molar-refractivity contribution is 5.71. The summed E-state index contributed by atoms with van der Waals surface area (Å²) >= 11 is 0.